The van der Waals surface area contributed by atoms with E-state index < -0.39 is 0 Å². The van der Waals surface area contributed by atoms with Gasteiger partial charge in [-0.05, 0) is 36.7 Å². The van der Waals surface area contributed by atoms with Gasteiger partial charge in [-0.1, -0.05) is 6.42 Å². The van der Waals surface area contributed by atoms with Crippen molar-refractivity contribution in [3.8, 4) is 0 Å². The topological polar surface area (TPSA) is 35.2 Å². The Hall–Kier alpha value is -0.500. The molecule has 72 valence electrons. The second-order valence-corrected chi connectivity index (χ2v) is 4.61. The summed E-state index contributed by atoms with van der Waals surface area (Å²) in [6.07, 6.45) is 7.49. The lowest BCUT2D eigenvalue weighted by Gasteiger charge is -2.14. The Morgan fingerprint density at radius 2 is 2.15 bits per heavy atom. The van der Waals surface area contributed by atoms with Crippen LogP contribution in [0.5, 0.6) is 0 Å². The van der Waals surface area contributed by atoms with Crippen LogP contribution in [-0.4, -0.2) is 12.6 Å². The summed E-state index contributed by atoms with van der Waals surface area (Å²) in [5.74, 6) is 3.73. The van der Waals surface area contributed by atoms with E-state index in [0.717, 1.165) is 36.5 Å². The molecule has 3 atom stereocenters. The molecule has 0 saturated heterocycles. The second kappa shape index (κ2) is 2.74. The average molecular weight is 179 g/mol. The number of fused-ring (bicyclic) bond motifs is 1. The number of hydrogen-bond acceptors (Lipinski definition) is 2. The summed E-state index contributed by atoms with van der Waals surface area (Å²) < 4.78 is 5.52. The third kappa shape index (κ3) is 1.12. The standard InChI is InChI=1S/C11H17NO/c12-11(9-5-2-6-13-9)10-7-3-1-4-8(7)10/h5,7-8,10-11H,1-4,6,12H2. The summed E-state index contributed by atoms with van der Waals surface area (Å²) in [7, 11) is 0. The highest BCUT2D eigenvalue weighted by Gasteiger charge is 2.56. The van der Waals surface area contributed by atoms with Crippen LogP contribution in [0.2, 0.25) is 0 Å². The minimum atomic E-state index is 0.220. The molecule has 0 radical (unpaired) electrons. The van der Waals surface area contributed by atoms with Crippen LogP contribution >= 0.6 is 0 Å². The Morgan fingerprint density at radius 1 is 1.38 bits per heavy atom. The van der Waals surface area contributed by atoms with Gasteiger partial charge in [0.2, 0.25) is 0 Å². The molecule has 0 aromatic rings. The first-order chi connectivity index (χ1) is 6.38. The summed E-state index contributed by atoms with van der Waals surface area (Å²) in [5.41, 5.74) is 6.18. The van der Waals surface area contributed by atoms with Crippen molar-refractivity contribution in [2.75, 3.05) is 6.61 Å². The monoisotopic (exact) mass is 179 g/mol. The van der Waals surface area contributed by atoms with Gasteiger partial charge in [0.15, 0.2) is 0 Å². The lowest BCUT2D eigenvalue weighted by molar-refractivity contribution is 0.215. The molecule has 2 fully saturated rings. The molecule has 2 heteroatoms. The van der Waals surface area contributed by atoms with Crippen LogP contribution in [-0.2, 0) is 4.74 Å². The van der Waals surface area contributed by atoms with Crippen LogP contribution in [0.25, 0.3) is 0 Å². The highest BCUT2D eigenvalue weighted by Crippen LogP contribution is 2.59. The third-order valence-corrected chi connectivity index (χ3v) is 3.95. The molecule has 2 aliphatic carbocycles. The summed E-state index contributed by atoms with van der Waals surface area (Å²) in [6.45, 7) is 0.852. The van der Waals surface area contributed by atoms with E-state index in [1.807, 2.05) is 0 Å². The van der Waals surface area contributed by atoms with E-state index in [-0.39, 0.29) is 6.04 Å². The van der Waals surface area contributed by atoms with Crippen molar-refractivity contribution in [3.63, 3.8) is 0 Å². The van der Waals surface area contributed by atoms with Crippen molar-refractivity contribution in [1.29, 1.82) is 0 Å². The Kier molecular flexibility index (Phi) is 1.66. The van der Waals surface area contributed by atoms with Crippen molar-refractivity contribution in [1.82, 2.24) is 0 Å². The zero-order valence-electron chi connectivity index (χ0n) is 7.91. The Morgan fingerprint density at radius 3 is 2.77 bits per heavy atom. The van der Waals surface area contributed by atoms with Gasteiger partial charge < -0.3 is 10.5 Å². The first kappa shape index (κ1) is 7.86. The molecule has 0 aromatic carbocycles. The molecule has 0 bridgehead atoms. The maximum absolute atomic E-state index is 6.18. The highest BCUT2D eigenvalue weighted by atomic mass is 16.5. The van der Waals surface area contributed by atoms with Crippen LogP contribution in [0.4, 0.5) is 0 Å². The molecular formula is C11H17NO. The number of nitrogens with two attached hydrogens (primary N) is 1. The molecule has 1 heterocycles. The first-order valence-corrected chi connectivity index (χ1v) is 5.46. The predicted molar refractivity (Wildman–Crippen MR) is 50.9 cm³/mol. The zero-order chi connectivity index (χ0) is 8.84. The summed E-state index contributed by atoms with van der Waals surface area (Å²) in [6, 6.07) is 0.220. The van der Waals surface area contributed by atoms with Crippen molar-refractivity contribution < 1.29 is 4.74 Å². The summed E-state index contributed by atoms with van der Waals surface area (Å²) in [4.78, 5) is 0. The minimum absolute atomic E-state index is 0.220. The lowest BCUT2D eigenvalue weighted by Crippen LogP contribution is -2.27. The Bertz CT molecular complexity index is 238. The van der Waals surface area contributed by atoms with Gasteiger partial charge in [0.25, 0.3) is 0 Å². The molecule has 3 rings (SSSR count). The van der Waals surface area contributed by atoms with Crippen LogP contribution in [0, 0.1) is 17.8 Å². The van der Waals surface area contributed by atoms with Gasteiger partial charge in [0.1, 0.15) is 5.76 Å². The molecular weight excluding hydrogens is 162 g/mol. The van der Waals surface area contributed by atoms with Crippen molar-refractivity contribution >= 4 is 0 Å². The molecule has 2 nitrogen and oxygen atoms in total. The van der Waals surface area contributed by atoms with Gasteiger partial charge in [-0.25, -0.2) is 0 Å². The van der Waals surface area contributed by atoms with Gasteiger partial charge in [0.05, 0.1) is 12.6 Å². The quantitative estimate of drug-likeness (QED) is 0.699. The second-order valence-electron chi connectivity index (χ2n) is 4.61. The maximum Gasteiger partial charge on any atom is 0.109 e. The number of ether oxygens (including phenoxy) is 1. The van der Waals surface area contributed by atoms with E-state index >= 15 is 0 Å². The zero-order valence-corrected chi connectivity index (χ0v) is 7.91. The molecule has 2 saturated carbocycles. The predicted octanol–water partition coefficient (Wildman–Crippen LogP) is 1.66. The molecule has 0 amide bonds. The normalized spacial score (nSPS) is 43.8. The molecule has 0 aromatic heterocycles. The van der Waals surface area contributed by atoms with Crippen molar-refractivity contribution in [2.24, 2.45) is 23.5 Å². The van der Waals surface area contributed by atoms with E-state index in [2.05, 4.69) is 6.08 Å². The Balaban J connectivity index is 1.66. The van der Waals surface area contributed by atoms with Gasteiger partial charge >= 0.3 is 0 Å². The van der Waals surface area contributed by atoms with Gasteiger partial charge in [-0.3, -0.25) is 0 Å². The minimum Gasteiger partial charge on any atom is -0.496 e. The molecule has 1 aliphatic heterocycles. The fourth-order valence-corrected chi connectivity index (χ4v) is 3.27. The van der Waals surface area contributed by atoms with Crippen LogP contribution in [0.15, 0.2) is 11.8 Å². The van der Waals surface area contributed by atoms with E-state index in [1.54, 1.807) is 0 Å². The van der Waals surface area contributed by atoms with E-state index in [9.17, 15) is 0 Å². The maximum atomic E-state index is 6.18. The van der Waals surface area contributed by atoms with Crippen molar-refractivity contribution in [3.05, 3.63) is 11.8 Å². The van der Waals surface area contributed by atoms with Crippen LogP contribution < -0.4 is 5.73 Å². The summed E-state index contributed by atoms with van der Waals surface area (Å²) in [5, 5.41) is 0. The van der Waals surface area contributed by atoms with Gasteiger partial charge in [0, 0.05) is 6.42 Å². The fourth-order valence-electron chi connectivity index (χ4n) is 3.27. The van der Waals surface area contributed by atoms with Crippen molar-refractivity contribution in [2.45, 2.75) is 31.7 Å². The number of hydrogen-bond donors (Lipinski definition) is 1. The SMILES string of the molecule is NC(C1=CCCO1)C1C2CCCC21. The lowest BCUT2D eigenvalue weighted by atomic mass is 10.0. The van der Waals surface area contributed by atoms with Crippen LogP contribution in [0.3, 0.4) is 0 Å². The fraction of sp³-hybridized carbons (Fsp3) is 0.818. The molecule has 3 aliphatic rings. The largest absolute Gasteiger partial charge is 0.496 e. The first-order valence-electron chi connectivity index (χ1n) is 5.46. The highest BCUT2D eigenvalue weighted by molar-refractivity contribution is 5.17. The molecule has 0 spiro atoms. The number of rotatable bonds is 2. The molecule has 13 heavy (non-hydrogen) atoms. The summed E-state index contributed by atoms with van der Waals surface area (Å²) >= 11 is 0. The average Bonchev–Trinajstić information content (AvgIpc) is 2.68. The molecule has 2 N–H and O–H groups in total. The van der Waals surface area contributed by atoms with Crippen LogP contribution in [0.1, 0.15) is 25.7 Å². The van der Waals surface area contributed by atoms with E-state index in [1.165, 1.54) is 19.3 Å². The van der Waals surface area contributed by atoms with E-state index in [4.69, 9.17) is 10.5 Å². The van der Waals surface area contributed by atoms with Gasteiger partial charge in [-0.15, -0.1) is 0 Å². The molecule has 3 unspecified atom stereocenters. The van der Waals surface area contributed by atoms with E-state index in [0.29, 0.717) is 0 Å². The van der Waals surface area contributed by atoms with Gasteiger partial charge in [-0.2, -0.15) is 0 Å². The third-order valence-electron chi connectivity index (χ3n) is 3.95. The Labute approximate surface area is 79.1 Å². The smallest absolute Gasteiger partial charge is 0.109 e.